The molecule has 13 nitrogen and oxygen atoms in total. The Bertz CT molecular complexity index is 1420. The first-order valence-electron chi connectivity index (χ1n) is 17.4. The molecule has 2 aromatic rings. The highest BCUT2D eigenvalue weighted by Gasteiger charge is 2.32. The molecule has 1 amide bonds. The fourth-order valence-electron chi connectivity index (χ4n) is 5.07. The van der Waals surface area contributed by atoms with Gasteiger partial charge in [0.1, 0.15) is 17.6 Å². The van der Waals surface area contributed by atoms with Crippen LogP contribution in [0.4, 0.5) is 4.79 Å². The molecule has 1 aliphatic heterocycles. The number of carbonyl (C=O) groups is 1. The van der Waals surface area contributed by atoms with Crippen molar-refractivity contribution in [3.05, 3.63) is 54.1 Å². The first kappa shape index (κ1) is 41.7. The van der Waals surface area contributed by atoms with Crippen molar-refractivity contribution in [3.8, 4) is 11.5 Å². The zero-order valence-corrected chi connectivity index (χ0v) is 31.7. The van der Waals surface area contributed by atoms with E-state index in [2.05, 4.69) is 5.32 Å². The Balaban J connectivity index is 1.77. The molecule has 1 fully saturated rings. The summed E-state index contributed by atoms with van der Waals surface area (Å²) in [6.07, 6.45) is 1.29. The van der Waals surface area contributed by atoms with Crippen molar-refractivity contribution in [1.82, 2.24) is 9.62 Å². The Morgan fingerprint density at radius 3 is 2.16 bits per heavy atom. The number of carbonyl (C=O) groups excluding carboxylic acids is 1. The minimum absolute atomic E-state index is 0.0501. The molecule has 0 aliphatic carbocycles. The molecule has 282 valence electrons. The van der Waals surface area contributed by atoms with E-state index in [0.717, 1.165) is 31.2 Å². The van der Waals surface area contributed by atoms with Crippen LogP contribution < -0.4 is 14.8 Å². The van der Waals surface area contributed by atoms with E-state index < -0.39 is 42.0 Å². The maximum atomic E-state index is 13.7. The third kappa shape index (κ3) is 13.8. The van der Waals surface area contributed by atoms with Crippen LogP contribution in [0.25, 0.3) is 0 Å². The third-order valence-corrected chi connectivity index (χ3v) is 11.4. The van der Waals surface area contributed by atoms with Gasteiger partial charge in [-0.25, -0.2) is 13.2 Å². The lowest BCUT2D eigenvalue weighted by Gasteiger charge is -2.30. The van der Waals surface area contributed by atoms with Gasteiger partial charge in [-0.2, -0.15) is 4.31 Å². The number of nitrogens with one attached hydrogen (secondary N) is 1. The van der Waals surface area contributed by atoms with Crippen LogP contribution in [0, 0.1) is 5.92 Å². The monoisotopic (exact) mass is 742 g/mol. The molecule has 3 rings (SSSR count). The maximum Gasteiger partial charge on any atom is 0.407 e. The van der Waals surface area contributed by atoms with Crippen LogP contribution >= 0.6 is 7.60 Å². The highest BCUT2D eigenvalue weighted by molar-refractivity contribution is 7.89. The molecule has 15 heteroatoms. The number of nitrogens with zero attached hydrogens (tertiary/aromatic N) is 1. The van der Waals surface area contributed by atoms with Gasteiger partial charge in [0.25, 0.3) is 0 Å². The van der Waals surface area contributed by atoms with Crippen molar-refractivity contribution >= 4 is 23.7 Å². The molecule has 0 aromatic heterocycles. The summed E-state index contributed by atoms with van der Waals surface area (Å²) in [5.41, 5.74) is 0.723. The minimum atomic E-state index is -4.01. The Morgan fingerprint density at radius 2 is 1.62 bits per heavy atom. The van der Waals surface area contributed by atoms with Crippen molar-refractivity contribution in [2.75, 3.05) is 53.0 Å². The second-order valence-electron chi connectivity index (χ2n) is 12.7. The van der Waals surface area contributed by atoms with Gasteiger partial charge < -0.3 is 38.4 Å². The van der Waals surface area contributed by atoms with E-state index in [1.54, 1.807) is 36.4 Å². The van der Waals surface area contributed by atoms with Gasteiger partial charge in [0.05, 0.1) is 50.6 Å². The zero-order chi connectivity index (χ0) is 36.6. The summed E-state index contributed by atoms with van der Waals surface area (Å²) in [6, 6.07) is 12.0. The number of aliphatic hydroxyl groups is 1. The SMILES string of the molecule is CCCCOP(=O)(COc1ccc(C[C@H](NC(=O)O[C@@H]2CCOC2)[C@H](O)CN(CC(C)C)S(=O)(=O)c2ccc(OC)cc2)cc1)OCCCC. The highest BCUT2D eigenvalue weighted by atomic mass is 32.2. The van der Waals surface area contributed by atoms with E-state index in [0.29, 0.717) is 37.7 Å². The van der Waals surface area contributed by atoms with E-state index >= 15 is 0 Å². The summed E-state index contributed by atoms with van der Waals surface area (Å²) >= 11 is 0. The highest BCUT2D eigenvalue weighted by Crippen LogP contribution is 2.48. The molecule has 0 spiro atoms. The van der Waals surface area contributed by atoms with Crippen molar-refractivity contribution in [2.45, 2.75) is 89.4 Å². The Morgan fingerprint density at radius 1 is 1.00 bits per heavy atom. The van der Waals surface area contributed by atoms with Crippen LogP contribution in [-0.2, 0) is 39.5 Å². The number of sulfonamides is 1. The summed E-state index contributed by atoms with van der Waals surface area (Å²) < 4.78 is 75.1. The van der Waals surface area contributed by atoms with Crippen molar-refractivity contribution in [2.24, 2.45) is 5.92 Å². The van der Waals surface area contributed by atoms with Crippen LogP contribution in [0.2, 0.25) is 0 Å². The topological polar surface area (TPSA) is 159 Å². The number of benzene rings is 2. The fraction of sp³-hybridized carbons (Fsp3) is 0.629. The molecule has 0 saturated carbocycles. The zero-order valence-electron chi connectivity index (χ0n) is 30.0. The molecule has 0 radical (unpaired) electrons. The van der Waals surface area contributed by atoms with Gasteiger partial charge in [-0.15, -0.1) is 0 Å². The van der Waals surface area contributed by atoms with Crippen LogP contribution in [0.15, 0.2) is 53.4 Å². The average Bonchev–Trinajstić information content (AvgIpc) is 3.60. The quantitative estimate of drug-likeness (QED) is 0.102. The van der Waals surface area contributed by atoms with E-state index in [9.17, 15) is 22.9 Å². The van der Waals surface area contributed by atoms with Gasteiger partial charge in [0, 0.05) is 19.5 Å². The number of methoxy groups -OCH3 is 1. The molecule has 0 bridgehead atoms. The number of ether oxygens (including phenoxy) is 4. The van der Waals surface area contributed by atoms with Crippen LogP contribution in [0.1, 0.15) is 65.4 Å². The van der Waals surface area contributed by atoms with E-state index in [1.165, 1.54) is 23.5 Å². The van der Waals surface area contributed by atoms with Gasteiger partial charge >= 0.3 is 13.7 Å². The summed E-state index contributed by atoms with van der Waals surface area (Å²) in [6.45, 7) is 9.05. The van der Waals surface area contributed by atoms with Crippen LogP contribution in [0.5, 0.6) is 11.5 Å². The summed E-state index contributed by atoms with van der Waals surface area (Å²) in [7, 11) is -5.99. The second kappa shape index (κ2) is 21.0. The minimum Gasteiger partial charge on any atom is -0.497 e. The molecule has 1 heterocycles. The lowest BCUT2D eigenvalue weighted by atomic mass is 10.0. The number of unbranched alkanes of at least 4 members (excludes halogenated alkanes) is 2. The van der Waals surface area contributed by atoms with E-state index in [-0.39, 0.29) is 43.3 Å². The first-order chi connectivity index (χ1) is 23.9. The van der Waals surface area contributed by atoms with Gasteiger partial charge in [-0.1, -0.05) is 52.7 Å². The number of amides is 1. The smallest absolute Gasteiger partial charge is 0.407 e. The Hall–Kier alpha value is -2.71. The number of hydrogen-bond acceptors (Lipinski definition) is 11. The number of alkyl carbamates (subject to hydrolysis) is 1. The molecule has 50 heavy (non-hydrogen) atoms. The molecule has 0 unspecified atom stereocenters. The number of hydrogen-bond donors (Lipinski definition) is 2. The third-order valence-electron chi connectivity index (χ3n) is 7.93. The predicted molar refractivity (Wildman–Crippen MR) is 190 cm³/mol. The van der Waals surface area contributed by atoms with Crippen molar-refractivity contribution in [3.63, 3.8) is 0 Å². The summed E-state index contributed by atoms with van der Waals surface area (Å²) in [5, 5.41) is 14.3. The number of rotatable bonds is 23. The molecule has 1 aliphatic rings. The normalized spacial score (nSPS) is 16.4. The Kier molecular flexibility index (Phi) is 17.5. The predicted octanol–water partition coefficient (Wildman–Crippen LogP) is 5.99. The molecule has 2 N–H and O–H groups in total. The molecule has 3 atom stereocenters. The van der Waals surface area contributed by atoms with Gasteiger partial charge in [-0.3, -0.25) is 4.57 Å². The average molecular weight is 743 g/mol. The summed E-state index contributed by atoms with van der Waals surface area (Å²) in [5.74, 6) is 0.901. The van der Waals surface area contributed by atoms with Crippen LogP contribution in [0.3, 0.4) is 0 Å². The maximum absolute atomic E-state index is 13.7. The molecular formula is C35H55N2O11PS. The number of aliphatic hydroxyl groups excluding tert-OH is 1. The second-order valence-corrected chi connectivity index (χ2v) is 16.6. The van der Waals surface area contributed by atoms with E-state index in [4.69, 9.17) is 28.0 Å². The van der Waals surface area contributed by atoms with Gasteiger partial charge in [0.15, 0.2) is 6.35 Å². The lowest BCUT2D eigenvalue weighted by molar-refractivity contribution is 0.0644. The Labute approximate surface area is 297 Å². The van der Waals surface area contributed by atoms with Crippen molar-refractivity contribution < 1.29 is 50.9 Å². The molecule has 2 aromatic carbocycles. The van der Waals surface area contributed by atoms with Crippen molar-refractivity contribution in [1.29, 1.82) is 0 Å². The summed E-state index contributed by atoms with van der Waals surface area (Å²) in [4.78, 5) is 13.0. The fourth-order valence-corrected chi connectivity index (χ4v) is 8.04. The first-order valence-corrected chi connectivity index (χ1v) is 20.5. The van der Waals surface area contributed by atoms with Crippen LogP contribution in [-0.4, -0.2) is 95.1 Å². The molecule has 1 saturated heterocycles. The molecular weight excluding hydrogens is 687 g/mol. The standard InChI is InChI=1S/C35H55N2O11PS/c1-6-8-19-46-49(40,47-20-9-7-2)26-45-30-12-10-28(11-13-30)22-33(36-35(39)48-31-18-21-44-25-31)34(38)24-37(23-27(3)4)50(41,42)32-16-14-29(43-5)15-17-32/h10-17,27,31,33-34,38H,6-9,18-26H2,1-5H3,(H,36,39)/t31-,33+,34-/m1/s1. The lowest BCUT2D eigenvalue weighted by Crippen LogP contribution is -2.51. The largest absolute Gasteiger partial charge is 0.497 e. The van der Waals surface area contributed by atoms with E-state index in [1.807, 2.05) is 27.7 Å². The van der Waals surface area contributed by atoms with Gasteiger partial charge in [0.2, 0.25) is 10.0 Å². The van der Waals surface area contributed by atoms with Gasteiger partial charge in [-0.05, 0) is 67.1 Å².